The summed E-state index contributed by atoms with van der Waals surface area (Å²) in [6.45, 7) is 5.28. The molecule has 1 aliphatic rings. The van der Waals surface area contributed by atoms with E-state index in [1.54, 1.807) is 20.8 Å². The van der Waals surface area contributed by atoms with Crippen molar-refractivity contribution >= 4 is 22.9 Å². The summed E-state index contributed by atoms with van der Waals surface area (Å²) in [5, 5.41) is 8.99. The summed E-state index contributed by atoms with van der Waals surface area (Å²) in [6, 6.07) is -1.06. The maximum atomic E-state index is 11.8. The van der Waals surface area contributed by atoms with Crippen LogP contribution >= 0.6 is 0 Å². The molecule has 0 saturated carbocycles. The molecule has 0 aliphatic carbocycles. The smallest absolute Gasteiger partial charge is 0.411 e. The Kier molecular flexibility index (Phi) is 4.13. The maximum Gasteiger partial charge on any atom is 0.411 e. The van der Waals surface area contributed by atoms with Crippen molar-refractivity contribution in [1.82, 2.24) is 4.90 Å². The van der Waals surface area contributed by atoms with Crippen LogP contribution < -0.4 is 0 Å². The number of carboxylic acids is 1. The molecule has 1 N–H and O–H groups in total. The van der Waals surface area contributed by atoms with Crippen LogP contribution in [0, 0.1) is 0 Å². The van der Waals surface area contributed by atoms with Gasteiger partial charge in [-0.25, -0.2) is 9.59 Å². The van der Waals surface area contributed by atoms with Gasteiger partial charge in [0.15, 0.2) is 0 Å². The van der Waals surface area contributed by atoms with Crippen LogP contribution in [0.4, 0.5) is 4.79 Å². The molecule has 0 spiro atoms. The third kappa shape index (κ3) is 3.99. The number of carboxylic acid groups (broad SMARTS) is 1. The molecule has 17 heavy (non-hydrogen) atoms. The van der Waals surface area contributed by atoms with Crippen LogP contribution in [0.5, 0.6) is 0 Å². The highest BCUT2D eigenvalue weighted by Crippen LogP contribution is 2.15. The molecule has 2 atom stereocenters. The molecule has 1 saturated heterocycles. The molecule has 0 radical (unpaired) electrons. The first kappa shape index (κ1) is 14.0. The fourth-order valence-corrected chi connectivity index (χ4v) is 2.69. The van der Waals surface area contributed by atoms with E-state index >= 15 is 0 Å². The van der Waals surface area contributed by atoms with Crippen molar-refractivity contribution in [2.75, 3.05) is 18.1 Å². The Morgan fingerprint density at radius 1 is 1.41 bits per heavy atom. The minimum absolute atomic E-state index is 0.0332. The number of nitrogens with zero attached hydrogens (tertiary/aromatic N) is 1. The number of aliphatic carboxylic acids is 1. The zero-order valence-electron chi connectivity index (χ0n) is 10.1. The molecule has 1 amide bonds. The summed E-state index contributed by atoms with van der Waals surface area (Å²) >= 11 is 0. The number of hydrogen-bond donors (Lipinski definition) is 1. The highest BCUT2D eigenvalue weighted by Gasteiger charge is 2.37. The Labute approximate surface area is 102 Å². The minimum atomic E-state index is -1.18. The third-order valence-corrected chi connectivity index (χ3v) is 3.52. The van der Waals surface area contributed by atoms with E-state index < -0.39 is 34.5 Å². The third-order valence-electron chi connectivity index (χ3n) is 2.19. The van der Waals surface area contributed by atoms with Gasteiger partial charge in [0.2, 0.25) is 0 Å². The van der Waals surface area contributed by atoms with Gasteiger partial charge in [-0.15, -0.1) is 0 Å². The van der Waals surface area contributed by atoms with Crippen molar-refractivity contribution in [1.29, 1.82) is 0 Å². The number of rotatable bonds is 1. The maximum absolute atomic E-state index is 11.8. The molecule has 1 fully saturated rings. The Morgan fingerprint density at radius 2 is 2.00 bits per heavy atom. The van der Waals surface area contributed by atoms with E-state index in [2.05, 4.69) is 0 Å². The number of ether oxygens (including phenoxy) is 1. The summed E-state index contributed by atoms with van der Waals surface area (Å²) in [4.78, 5) is 23.9. The molecule has 2 unspecified atom stereocenters. The predicted molar refractivity (Wildman–Crippen MR) is 62.2 cm³/mol. The fourth-order valence-electron chi connectivity index (χ4n) is 1.45. The first-order valence-corrected chi connectivity index (χ1v) is 6.77. The fraction of sp³-hybridized carbons (Fsp3) is 0.800. The van der Waals surface area contributed by atoms with E-state index in [0.717, 1.165) is 4.90 Å². The second-order valence-corrected chi connectivity index (χ2v) is 6.46. The monoisotopic (exact) mass is 263 g/mol. The molecule has 0 aromatic heterocycles. The van der Waals surface area contributed by atoms with Crippen molar-refractivity contribution in [3.8, 4) is 0 Å². The predicted octanol–water partition coefficient (Wildman–Crippen LogP) is 0.439. The van der Waals surface area contributed by atoms with E-state index in [1.165, 1.54) is 0 Å². The van der Waals surface area contributed by atoms with Gasteiger partial charge >= 0.3 is 12.1 Å². The van der Waals surface area contributed by atoms with Crippen molar-refractivity contribution in [3.05, 3.63) is 0 Å². The summed E-state index contributed by atoms with van der Waals surface area (Å²) in [7, 11) is -1.18. The number of carbonyl (C=O) groups excluding carboxylic acids is 1. The van der Waals surface area contributed by atoms with Crippen molar-refractivity contribution in [2.45, 2.75) is 32.4 Å². The number of carbonyl (C=O) groups is 2. The molecule has 1 heterocycles. The Balaban J connectivity index is 2.76. The van der Waals surface area contributed by atoms with Crippen LogP contribution in [-0.4, -0.2) is 56.0 Å². The van der Waals surface area contributed by atoms with Crippen LogP contribution in [0.1, 0.15) is 20.8 Å². The van der Waals surface area contributed by atoms with Crippen molar-refractivity contribution in [3.63, 3.8) is 0 Å². The van der Waals surface area contributed by atoms with E-state index in [4.69, 9.17) is 9.84 Å². The van der Waals surface area contributed by atoms with E-state index in [9.17, 15) is 13.8 Å². The van der Waals surface area contributed by atoms with Gasteiger partial charge in [-0.2, -0.15) is 0 Å². The van der Waals surface area contributed by atoms with Crippen LogP contribution in [-0.2, 0) is 20.3 Å². The topological polar surface area (TPSA) is 83.9 Å². The van der Waals surface area contributed by atoms with Gasteiger partial charge in [0.05, 0.1) is 5.75 Å². The van der Waals surface area contributed by atoms with Crippen LogP contribution in [0.3, 0.4) is 0 Å². The molecule has 0 aromatic rings. The van der Waals surface area contributed by atoms with E-state index in [1.807, 2.05) is 0 Å². The summed E-state index contributed by atoms with van der Waals surface area (Å²) in [5.74, 6) is -0.888. The largest absolute Gasteiger partial charge is 0.480 e. The van der Waals surface area contributed by atoms with Gasteiger partial charge in [-0.05, 0) is 20.8 Å². The van der Waals surface area contributed by atoms with Crippen molar-refractivity contribution in [2.24, 2.45) is 0 Å². The van der Waals surface area contributed by atoms with Gasteiger partial charge in [-0.3, -0.25) is 9.11 Å². The minimum Gasteiger partial charge on any atom is -0.480 e. The number of amides is 1. The SMILES string of the molecule is CC(C)(C)OC(=O)N1CCS(=O)CC1C(=O)O. The second kappa shape index (κ2) is 5.03. The molecule has 6 nitrogen and oxygen atoms in total. The van der Waals surface area contributed by atoms with Gasteiger partial charge < -0.3 is 9.84 Å². The van der Waals surface area contributed by atoms with Gasteiger partial charge in [-0.1, -0.05) is 0 Å². The van der Waals surface area contributed by atoms with Crippen LogP contribution in [0.15, 0.2) is 0 Å². The zero-order valence-corrected chi connectivity index (χ0v) is 11.0. The molecule has 7 heteroatoms. The Hall–Kier alpha value is -1.11. The van der Waals surface area contributed by atoms with Crippen LogP contribution in [0.2, 0.25) is 0 Å². The zero-order chi connectivity index (χ0) is 13.2. The van der Waals surface area contributed by atoms with E-state index in [-0.39, 0.29) is 12.3 Å². The molecular weight excluding hydrogens is 246 g/mol. The average molecular weight is 263 g/mol. The summed E-state index contributed by atoms with van der Waals surface area (Å²) in [6.07, 6.45) is -0.665. The molecule has 1 rings (SSSR count). The van der Waals surface area contributed by atoms with Gasteiger partial charge in [0.25, 0.3) is 0 Å². The standard InChI is InChI=1S/C10H17NO5S/c1-10(2,3)16-9(14)11-4-5-17(15)6-7(11)8(12)13/h7H,4-6H2,1-3H3,(H,12,13). The first-order chi connectivity index (χ1) is 7.70. The lowest BCUT2D eigenvalue weighted by Crippen LogP contribution is -2.54. The molecule has 1 aliphatic heterocycles. The van der Waals surface area contributed by atoms with Gasteiger partial charge in [0, 0.05) is 23.1 Å². The quantitative estimate of drug-likeness (QED) is 0.742. The second-order valence-electron chi connectivity index (χ2n) is 4.84. The highest BCUT2D eigenvalue weighted by molar-refractivity contribution is 7.85. The van der Waals surface area contributed by atoms with Crippen LogP contribution in [0.25, 0.3) is 0 Å². The summed E-state index contributed by atoms with van der Waals surface area (Å²) in [5.41, 5.74) is -0.670. The highest BCUT2D eigenvalue weighted by atomic mass is 32.2. The van der Waals surface area contributed by atoms with Crippen molar-refractivity contribution < 1.29 is 23.6 Å². The Morgan fingerprint density at radius 3 is 2.47 bits per heavy atom. The van der Waals surface area contributed by atoms with Gasteiger partial charge in [0.1, 0.15) is 11.6 Å². The molecule has 0 aromatic carbocycles. The number of hydrogen-bond acceptors (Lipinski definition) is 4. The first-order valence-electron chi connectivity index (χ1n) is 5.28. The van der Waals surface area contributed by atoms with E-state index in [0.29, 0.717) is 5.75 Å². The Bertz CT molecular complexity index is 349. The molecule has 98 valence electrons. The lowest BCUT2D eigenvalue weighted by Gasteiger charge is -2.33. The molecular formula is C10H17NO5S. The lowest BCUT2D eigenvalue weighted by atomic mass is 10.2. The normalized spacial score (nSPS) is 25.5. The molecule has 0 bridgehead atoms. The average Bonchev–Trinajstić information content (AvgIpc) is 2.14. The lowest BCUT2D eigenvalue weighted by molar-refractivity contribution is -0.142. The summed E-state index contributed by atoms with van der Waals surface area (Å²) < 4.78 is 16.4.